The fourth-order valence-electron chi connectivity index (χ4n) is 3.25. The van der Waals surface area contributed by atoms with Crippen LogP contribution in [0.5, 0.6) is 0 Å². The van der Waals surface area contributed by atoms with Gasteiger partial charge < -0.3 is 9.80 Å². The van der Waals surface area contributed by atoms with Crippen LogP contribution in [-0.4, -0.2) is 42.0 Å². The van der Waals surface area contributed by atoms with Crippen molar-refractivity contribution in [3.8, 4) is 0 Å². The number of benzene rings is 2. The van der Waals surface area contributed by atoms with E-state index in [1.165, 1.54) is 5.69 Å². The quantitative estimate of drug-likeness (QED) is 0.728. The minimum Gasteiger partial charge on any atom is -0.368 e. The van der Waals surface area contributed by atoms with Crippen molar-refractivity contribution < 1.29 is 4.79 Å². The van der Waals surface area contributed by atoms with E-state index in [0.29, 0.717) is 5.69 Å². The van der Waals surface area contributed by atoms with Crippen molar-refractivity contribution in [3.05, 3.63) is 72.6 Å². The number of fused-ring (bicyclic) bond motifs is 1. The van der Waals surface area contributed by atoms with E-state index in [-0.39, 0.29) is 5.91 Å². The molecule has 0 spiro atoms. The van der Waals surface area contributed by atoms with Gasteiger partial charge in [-0.15, -0.1) is 0 Å². The zero-order valence-electron chi connectivity index (χ0n) is 13.4. The molecule has 0 bridgehead atoms. The lowest BCUT2D eigenvalue weighted by atomic mass is 10.1. The Hall–Kier alpha value is -2.88. The fourth-order valence-corrected chi connectivity index (χ4v) is 3.25. The Kier molecular flexibility index (Phi) is 3.87. The van der Waals surface area contributed by atoms with Crippen molar-refractivity contribution in [2.75, 3.05) is 31.1 Å². The van der Waals surface area contributed by atoms with Gasteiger partial charge in [0, 0.05) is 43.4 Å². The van der Waals surface area contributed by atoms with Crippen LogP contribution in [0.15, 0.2) is 66.9 Å². The van der Waals surface area contributed by atoms with Crippen molar-refractivity contribution >= 4 is 22.4 Å². The summed E-state index contributed by atoms with van der Waals surface area (Å²) in [6.45, 7) is 3.14. The number of hydrogen-bond acceptors (Lipinski definition) is 3. The minimum absolute atomic E-state index is 0.0273. The standard InChI is InChI=1S/C20H19N3O/c24-20(19-18-9-5-4-6-16(18)10-11-21-19)23-14-12-22(13-15-23)17-7-2-1-3-8-17/h1-11H,12-15H2. The molecule has 0 N–H and O–H groups in total. The lowest BCUT2D eigenvalue weighted by Crippen LogP contribution is -2.49. The van der Waals surface area contributed by atoms with E-state index >= 15 is 0 Å². The molecule has 4 rings (SSSR count). The highest BCUT2D eigenvalue weighted by Gasteiger charge is 2.24. The van der Waals surface area contributed by atoms with E-state index in [1.807, 2.05) is 53.4 Å². The number of piperazine rings is 1. The van der Waals surface area contributed by atoms with Crippen molar-refractivity contribution in [3.63, 3.8) is 0 Å². The van der Waals surface area contributed by atoms with E-state index in [4.69, 9.17) is 0 Å². The molecule has 120 valence electrons. The SMILES string of the molecule is O=C(c1nccc2ccccc12)N1CCN(c2ccccc2)CC1. The number of anilines is 1. The van der Waals surface area contributed by atoms with Crippen LogP contribution >= 0.6 is 0 Å². The predicted molar refractivity (Wildman–Crippen MR) is 96.3 cm³/mol. The van der Waals surface area contributed by atoms with Gasteiger partial charge in [0.05, 0.1) is 0 Å². The molecule has 1 fully saturated rings. The topological polar surface area (TPSA) is 36.4 Å². The molecular weight excluding hydrogens is 298 g/mol. The van der Waals surface area contributed by atoms with Gasteiger partial charge in [0.15, 0.2) is 0 Å². The second kappa shape index (κ2) is 6.32. The van der Waals surface area contributed by atoms with Crippen LogP contribution < -0.4 is 4.90 Å². The summed E-state index contributed by atoms with van der Waals surface area (Å²) in [5, 5.41) is 1.98. The van der Waals surface area contributed by atoms with Crippen LogP contribution in [-0.2, 0) is 0 Å². The van der Waals surface area contributed by atoms with Crippen molar-refractivity contribution in [1.29, 1.82) is 0 Å². The summed E-state index contributed by atoms with van der Waals surface area (Å²) in [5.41, 5.74) is 1.77. The van der Waals surface area contributed by atoms with Crippen LogP contribution in [0.25, 0.3) is 10.8 Å². The summed E-state index contributed by atoms with van der Waals surface area (Å²) in [6, 6.07) is 20.2. The predicted octanol–water partition coefficient (Wildman–Crippen LogP) is 3.20. The third kappa shape index (κ3) is 2.71. The van der Waals surface area contributed by atoms with E-state index in [9.17, 15) is 4.79 Å². The van der Waals surface area contributed by atoms with Gasteiger partial charge in [-0.3, -0.25) is 9.78 Å². The van der Waals surface area contributed by atoms with Crippen molar-refractivity contribution in [1.82, 2.24) is 9.88 Å². The molecule has 0 unspecified atom stereocenters. The van der Waals surface area contributed by atoms with Gasteiger partial charge in [-0.05, 0) is 23.6 Å². The molecule has 1 aromatic heterocycles. The van der Waals surface area contributed by atoms with Gasteiger partial charge in [-0.25, -0.2) is 0 Å². The Morgan fingerprint density at radius 3 is 2.33 bits per heavy atom. The average Bonchev–Trinajstić information content (AvgIpc) is 2.68. The average molecular weight is 317 g/mol. The van der Waals surface area contributed by atoms with Gasteiger partial charge in [0.2, 0.25) is 0 Å². The molecule has 1 amide bonds. The maximum absolute atomic E-state index is 12.9. The largest absolute Gasteiger partial charge is 0.368 e. The highest BCUT2D eigenvalue weighted by molar-refractivity contribution is 6.05. The van der Waals surface area contributed by atoms with E-state index in [2.05, 4.69) is 22.0 Å². The number of carbonyl (C=O) groups excluding carboxylic acids is 1. The third-order valence-corrected chi connectivity index (χ3v) is 4.56. The Morgan fingerprint density at radius 2 is 1.54 bits per heavy atom. The summed E-state index contributed by atoms with van der Waals surface area (Å²) in [6.07, 6.45) is 1.72. The summed E-state index contributed by atoms with van der Waals surface area (Å²) in [7, 11) is 0. The molecule has 3 aromatic rings. The van der Waals surface area contributed by atoms with Crippen molar-refractivity contribution in [2.24, 2.45) is 0 Å². The maximum atomic E-state index is 12.9. The Labute approximate surface area is 141 Å². The van der Waals surface area contributed by atoms with Crippen LogP contribution in [0, 0.1) is 0 Å². The molecule has 2 heterocycles. The zero-order chi connectivity index (χ0) is 16.4. The van der Waals surface area contributed by atoms with E-state index in [0.717, 1.165) is 37.0 Å². The van der Waals surface area contributed by atoms with Crippen LogP contribution in [0.2, 0.25) is 0 Å². The van der Waals surface area contributed by atoms with E-state index in [1.54, 1.807) is 6.20 Å². The monoisotopic (exact) mass is 317 g/mol. The Morgan fingerprint density at radius 1 is 0.833 bits per heavy atom. The Balaban J connectivity index is 1.52. The number of amides is 1. The molecular formula is C20H19N3O. The Bertz CT molecular complexity index is 850. The molecule has 0 radical (unpaired) electrons. The van der Waals surface area contributed by atoms with E-state index < -0.39 is 0 Å². The summed E-state index contributed by atoms with van der Waals surface area (Å²) >= 11 is 0. The first-order valence-electron chi connectivity index (χ1n) is 8.26. The van der Waals surface area contributed by atoms with Gasteiger partial charge in [0.25, 0.3) is 5.91 Å². The van der Waals surface area contributed by atoms with Gasteiger partial charge >= 0.3 is 0 Å². The van der Waals surface area contributed by atoms with Crippen molar-refractivity contribution in [2.45, 2.75) is 0 Å². The number of rotatable bonds is 2. The maximum Gasteiger partial charge on any atom is 0.273 e. The van der Waals surface area contributed by atoms with Crippen LogP contribution in [0.4, 0.5) is 5.69 Å². The fraction of sp³-hybridized carbons (Fsp3) is 0.200. The number of para-hydroxylation sites is 1. The first-order valence-corrected chi connectivity index (χ1v) is 8.26. The molecule has 4 heteroatoms. The van der Waals surface area contributed by atoms with Gasteiger partial charge in [0.1, 0.15) is 5.69 Å². The molecule has 0 atom stereocenters. The molecule has 2 aromatic carbocycles. The number of hydrogen-bond donors (Lipinski definition) is 0. The first-order chi connectivity index (χ1) is 11.8. The molecule has 0 aliphatic carbocycles. The minimum atomic E-state index is 0.0273. The lowest BCUT2D eigenvalue weighted by molar-refractivity contribution is 0.0743. The molecule has 24 heavy (non-hydrogen) atoms. The second-order valence-electron chi connectivity index (χ2n) is 6.00. The lowest BCUT2D eigenvalue weighted by Gasteiger charge is -2.36. The molecule has 1 aliphatic rings. The highest BCUT2D eigenvalue weighted by Crippen LogP contribution is 2.20. The third-order valence-electron chi connectivity index (χ3n) is 4.56. The van der Waals surface area contributed by atoms with Gasteiger partial charge in [-0.2, -0.15) is 0 Å². The number of carbonyl (C=O) groups is 1. The van der Waals surface area contributed by atoms with Crippen LogP contribution in [0.3, 0.4) is 0 Å². The molecule has 1 saturated heterocycles. The first kappa shape index (κ1) is 14.7. The molecule has 0 saturated carbocycles. The summed E-state index contributed by atoms with van der Waals surface area (Å²) < 4.78 is 0. The molecule has 1 aliphatic heterocycles. The number of nitrogens with zero attached hydrogens (tertiary/aromatic N) is 3. The highest BCUT2D eigenvalue weighted by atomic mass is 16.2. The zero-order valence-corrected chi connectivity index (χ0v) is 13.4. The van der Waals surface area contributed by atoms with Crippen LogP contribution in [0.1, 0.15) is 10.5 Å². The number of pyridine rings is 1. The smallest absolute Gasteiger partial charge is 0.273 e. The summed E-state index contributed by atoms with van der Waals surface area (Å²) in [5.74, 6) is 0.0273. The summed E-state index contributed by atoms with van der Waals surface area (Å²) in [4.78, 5) is 21.5. The normalized spacial score (nSPS) is 14.8. The van der Waals surface area contributed by atoms with Gasteiger partial charge in [-0.1, -0.05) is 42.5 Å². The molecule has 4 nitrogen and oxygen atoms in total. The second-order valence-corrected chi connectivity index (χ2v) is 6.00. The number of aromatic nitrogens is 1.